The molecule has 7 nitrogen and oxygen atoms in total. The van der Waals surface area contributed by atoms with Gasteiger partial charge in [-0.1, -0.05) is 42.8 Å². The molecule has 1 aromatic heterocycles. The number of benzene rings is 1. The molecule has 0 saturated carbocycles. The molecule has 0 bridgehead atoms. The molecule has 3 heterocycles. The summed E-state index contributed by atoms with van der Waals surface area (Å²) in [5.41, 5.74) is 3.16. The van der Waals surface area contributed by atoms with Crippen molar-refractivity contribution in [2.45, 2.75) is 32.7 Å². The summed E-state index contributed by atoms with van der Waals surface area (Å²) < 4.78 is 5.41. The molecule has 0 N–H and O–H groups in total. The Labute approximate surface area is 199 Å². The van der Waals surface area contributed by atoms with Crippen molar-refractivity contribution in [1.82, 2.24) is 14.8 Å². The van der Waals surface area contributed by atoms with Gasteiger partial charge in [0.25, 0.3) is 5.91 Å². The third-order valence-electron chi connectivity index (χ3n) is 6.20. The van der Waals surface area contributed by atoms with E-state index in [1.54, 1.807) is 21.2 Å². The molecular formula is C25H32N4O3S. The third-order valence-corrected chi connectivity index (χ3v) is 7.12. The van der Waals surface area contributed by atoms with E-state index in [1.807, 2.05) is 24.4 Å². The highest BCUT2D eigenvalue weighted by Crippen LogP contribution is 2.34. The number of morpholine rings is 1. The van der Waals surface area contributed by atoms with Gasteiger partial charge in [0.1, 0.15) is 6.54 Å². The maximum Gasteiger partial charge on any atom is 0.262 e. The van der Waals surface area contributed by atoms with Gasteiger partial charge in [0.05, 0.1) is 29.8 Å². The van der Waals surface area contributed by atoms with Gasteiger partial charge in [-0.3, -0.25) is 14.5 Å². The summed E-state index contributed by atoms with van der Waals surface area (Å²) in [6.07, 6.45) is 1.05. The van der Waals surface area contributed by atoms with Crippen molar-refractivity contribution in [1.29, 1.82) is 0 Å². The number of carbonyl (C=O) groups is 2. The summed E-state index contributed by atoms with van der Waals surface area (Å²) in [4.78, 5) is 31.2. The van der Waals surface area contributed by atoms with Gasteiger partial charge in [-0.15, -0.1) is 11.3 Å². The third kappa shape index (κ3) is 5.88. The van der Waals surface area contributed by atoms with Crippen LogP contribution in [0.25, 0.3) is 0 Å². The molecule has 0 unspecified atom stereocenters. The highest BCUT2D eigenvalue weighted by molar-refractivity contribution is 7.12. The maximum atomic E-state index is 13.5. The Hall–Kier alpha value is -2.55. The van der Waals surface area contributed by atoms with Crippen molar-refractivity contribution < 1.29 is 14.3 Å². The summed E-state index contributed by atoms with van der Waals surface area (Å²) in [6.45, 7) is 8.36. The topological polar surface area (TPSA) is 65.5 Å². The van der Waals surface area contributed by atoms with Gasteiger partial charge in [0.15, 0.2) is 0 Å². The number of hydrazone groups is 1. The van der Waals surface area contributed by atoms with Crippen LogP contribution in [0.15, 0.2) is 46.9 Å². The zero-order valence-electron chi connectivity index (χ0n) is 19.4. The zero-order chi connectivity index (χ0) is 23.2. The fourth-order valence-corrected chi connectivity index (χ4v) is 4.94. The van der Waals surface area contributed by atoms with E-state index in [-0.39, 0.29) is 24.4 Å². The largest absolute Gasteiger partial charge is 0.379 e. The Morgan fingerprint density at radius 3 is 2.61 bits per heavy atom. The lowest BCUT2D eigenvalue weighted by atomic mass is 10.00. The lowest BCUT2D eigenvalue weighted by Gasteiger charge is -2.31. The smallest absolute Gasteiger partial charge is 0.262 e. The summed E-state index contributed by atoms with van der Waals surface area (Å²) in [7, 11) is 0. The minimum absolute atomic E-state index is 0.00912. The zero-order valence-corrected chi connectivity index (χ0v) is 20.2. The first kappa shape index (κ1) is 23.6. The number of aryl methyl sites for hydroxylation is 1. The van der Waals surface area contributed by atoms with Crippen molar-refractivity contribution >= 4 is 28.9 Å². The minimum Gasteiger partial charge on any atom is -0.379 e. The van der Waals surface area contributed by atoms with Crippen molar-refractivity contribution in [2.24, 2.45) is 5.10 Å². The molecule has 33 heavy (non-hydrogen) atoms. The van der Waals surface area contributed by atoms with Crippen LogP contribution in [0.1, 0.15) is 41.8 Å². The molecule has 2 amide bonds. The molecule has 2 aliphatic rings. The maximum absolute atomic E-state index is 13.5. The van der Waals surface area contributed by atoms with Gasteiger partial charge in [-0.05, 0) is 23.9 Å². The molecule has 0 radical (unpaired) electrons. The number of amides is 2. The molecule has 2 aliphatic heterocycles. The van der Waals surface area contributed by atoms with Gasteiger partial charge in [-0.2, -0.15) is 5.10 Å². The van der Waals surface area contributed by atoms with Gasteiger partial charge in [-0.25, -0.2) is 5.01 Å². The molecule has 2 aromatic rings. The minimum atomic E-state index is -0.159. The fraction of sp³-hybridized carbons (Fsp3) is 0.480. The molecule has 8 heteroatoms. The molecule has 176 valence electrons. The molecule has 0 aliphatic carbocycles. The van der Waals surface area contributed by atoms with Crippen LogP contribution in [0.4, 0.5) is 0 Å². The standard InChI is InChI=1S/C25H32N4O3S/c1-3-24(30)28(11-10-27-12-14-32-15-13-27)18-25(31)29-22(20-8-6-19(2)7-9-20)17-21(26-29)23-5-4-16-33-23/h4-9,16,22H,3,10-15,17-18H2,1-2H3/t22-/m1/s1. The number of hydrogen-bond donors (Lipinski definition) is 0. The van der Waals surface area contributed by atoms with Crippen LogP contribution in [0.5, 0.6) is 0 Å². The van der Waals surface area contributed by atoms with Crippen LogP contribution in [0.3, 0.4) is 0 Å². The Morgan fingerprint density at radius 1 is 1.18 bits per heavy atom. The fourth-order valence-electron chi connectivity index (χ4n) is 4.22. The Bertz CT molecular complexity index is 968. The lowest BCUT2D eigenvalue weighted by molar-refractivity contribution is -0.141. The quantitative estimate of drug-likeness (QED) is 0.596. The average Bonchev–Trinajstić information content (AvgIpc) is 3.52. The second-order valence-electron chi connectivity index (χ2n) is 8.52. The summed E-state index contributed by atoms with van der Waals surface area (Å²) in [6, 6.07) is 12.2. The highest BCUT2D eigenvalue weighted by atomic mass is 32.1. The first-order valence-electron chi connectivity index (χ1n) is 11.6. The Kier molecular flexibility index (Phi) is 7.90. The van der Waals surface area contributed by atoms with E-state index < -0.39 is 0 Å². The molecule has 0 spiro atoms. The first-order valence-corrected chi connectivity index (χ1v) is 12.5. The molecule has 4 rings (SSSR count). The van der Waals surface area contributed by atoms with Crippen molar-refractivity contribution in [3.8, 4) is 0 Å². The summed E-state index contributed by atoms with van der Waals surface area (Å²) in [5.74, 6) is -0.152. The molecule has 1 atom stereocenters. The molecule has 1 aromatic carbocycles. The average molecular weight is 469 g/mol. The van der Waals surface area contributed by atoms with E-state index in [4.69, 9.17) is 9.84 Å². The van der Waals surface area contributed by atoms with Crippen LogP contribution in [-0.2, 0) is 14.3 Å². The van der Waals surface area contributed by atoms with Gasteiger partial charge in [0, 0.05) is 39.0 Å². The summed E-state index contributed by atoms with van der Waals surface area (Å²) in [5, 5.41) is 8.37. The Morgan fingerprint density at radius 2 is 1.94 bits per heavy atom. The number of ether oxygens (including phenoxy) is 1. The van der Waals surface area contributed by atoms with E-state index >= 15 is 0 Å². The first-order chi connectivity index (χ1) is 16.0. The van der Waals surface area contributed by atoms with E-state index in [9.17, 15) is 9.59 Å². The molecule has 1 fully saturated rings. The van der Waals surface area contributed by atoms with Crippen molar-refractivity contribution in [3.63, 3.8) is 0 Å². The SMILES string of the molecule is CCC(=O)N(CCN1CCOCC1)CC(=O)N1N=C(c2cccs2)C[C@@H]1c1ccc(C)cc1. The number of thiophene rings is 1. The van der Waals surface area contributed by atoms with Crippen molar-refractivity contribution in [3.05, 3.63) is 57.8 Å². The van der Waals surface area contributed by atoms with E-state index in [1.165, 1.54) is 5.56 Å². The number of hydrogen-bond acceptors (Lipinski definition) is 6. The van der Waals surface area contributed by atoms with Gasteiger partial charge in [0.2, 0.25) is 5.91 Å². The van der Waals surface area contributed by atoms with E-state index in [0.29, 0.717) is 32.6 Å². The normalized spacial score (nSPS) is 18.9. The van der Waals surface area contributed by atoms with Crippen LogP contribution >= 0.6 is 11.3 Å². The number of carbonyl (C=O) groups excluding carboxylic acids is 2. The second kappa shape index (κ2) is 11.0. The second-order valence-corrected chi connectivity index (χ2v) is 9.46. The predicted molar refractivity (Wildman–Crippen MR) is 130 cm³/mol. The van der Waals surface area contributed by atoms with Gasteiger partial charge < -0.3 is 9.64 Å². The molecule has 1 saturated heterocycles. The predicted octanol–water partition coefficient (Wildman–Crippen LogP) is 3.31. The van der Waals surface area contributed by atoms with Crippen LogP contribution in [-0.4, -0.2) is 78.3 Å². The van der Waals surface area contributed by atoms with E-state index in [2.05, 4.69) is 36.1 Å². The highest BCUT2D eigenvalue weighted by Gasteiger charge is 2.34. The van der Waals surface area contributed by atoms with Crippen LogP contribution in [0.2, 0.25) is 0 Å². The van der Waals surface area contributed by atoms with Gasteiger partial charge >= 0.3 is 0 Å². The van der Waals surface area contributed by atoms with Crippen molar-refractivity contribution in [2.75, 3.05) is 45.9 Å². The molecular weight excluding hydrogens is 436 g/mol. The van der Waals surface area contributed by atoms with E-state index in [0.717, 1.165) is 35.8 Å². The lowest BCUT2D eigenvalue weighted by Crippen LogP contribution is -2.46. The number of nitrogens with zero attached hydrogens (tertiary/aromatic N) is 4. The summed E-state index contributed by atoms with van der Waals surface area (Å²) >= 11 is 1.63. The number of rotatable bonds is 8. The van der Waals surface area contributed by atoms with Crippen LogP contribution in [0, 0.1) is 6.92 Å². The Balaban J connectivity index is 1.51. The van der Waals surface area contributed by atoms with Crippen LogP contribution < -0.4 is 0 Å². The monoisotopic (exact) mass is 468 g/mol.